The van der Waals surface area contributed by atoms with Gasteiger partial charge < -0.3 is 21.3 Å². The summed E-state index contributed by atoms with van der Waals surface area (Å²) >= 11 is 0. The first kappa shape index (κ1) is 9.09. The quantitative estimate of drug-likeness (QED) is 0.386. The lowest BCUT2D eigenvalue weighted by molar-refractivity contribution is 0.159. The molecule has 0 bridgehead atoms. The summed E-state index contributed by atoms with van der Waals surface area (Å²) in [6.07, 6.45) is 2.55. The second kappa shape index (κ2) is 3.77. The summed E-state index contributed by atoms with van der Waals surface area (Å²) in [4.78, 5) is 0. The molecule has 0 spiro atoms. The molecule has 1 saturated carbocycles. The molecule has 0 aromatic carbocycles. The Balaban J connectivity index is 1.68. The summed E-state index contributed by atoms with van der Waals surface area (Å²) in [5, 5.41) is 14.5. The van der Waals surface area contributed by atoms with E-state index in [4.69, 9.17) is 0 Å². The zero-order chi connectivity index (χ0) is 9.38. The van der Waals surface area contributed by atoms with Gasteiger partial charge in [-0.3, -0.25) is 0 Å². The molecular formula is C10H20N4. The molecule has 4 unspecified atom stereocenters. The van der Waals surface area contributed by atoms with Crippen LogP contribution in [-0.4, -0.2) is 50.3 Å². The Labute approximate surface area is 85.2 Å². The maximum atomic E-state index is 3.62. The smallest absolute Gasteiger partial charge is 0.0237 e. The van der Waals surface area contributed by atoms with Gasteiger partial charge in [-0.15, -0.1) is 0 Å². The third-order valence-electron chi connectivity index (χ3n) is 3.86. The lowest BCUT2D eigenvalue weighted by atomic mass is 9.81. The highest BCUT2D eigenvalue weighted by Crippen LogP contribution is 2.22. The van der Waals surface area contributed by atoms with Crippen molar-refractivity contribution in [3.63, 3.8) is 0 Å². The Bertz CT molecular complexity index is 166. The molecule has 2 heterocycles. The van der Waals surface area contributed by atoms with E-state index < -0.39 is 0 Å². The van der Waals surface area contributed by atoms with Gasteiger partial charge in [0.15, 0.2) is 0 Å². The van der Waals surface area contributed by atoms with Crippen molar-refractivity contribution in [1.82, 2.24) is 21.3 Å². The van der Waals surface area contributed by atoms with Crippen molar-refractivity contribution >= 4 is 0 Å². The molecular weight excluding hydrogens is 176 g/mol. The predicted octanol–water partition coefficient (Wildman–Crippen LogP) is -1.36. The molecule has 3 rings (SSSR count). The van der Waals surface area contributed by atoms with E-state index in [1.807, 2.05) is 0 Å². The fourth-order valence-corrected chi connectivity index (χ4v) is 3.14. The number of hydrogen-bond acceptors (Lipinski definition) is 4. The predicted molar refractivity (Wildman–Crippen MR) is 56.4 cm³/mol. The van der Waals surface area contributed by atoms with Crippen LogP contribution >= 0.6 is 0 Å². The Morgan fingerprint density at radius 2 is 0.786 bits per heavy atom. The third-order valence-corrected chi connectivity index (χ3v) is 3.86. The first-order valence-electron chi connectivity index (χ1n) is 5.87. The minimum Gasteiger partial charge on any atom is -0.311 e. The van der Waals surface area contributed by atoms with Gasteiger partial charge >= 0.3 is 0 Å². The van der Waals surface area contributed by atoms with Crippen molar-refractivity contribution in [3.05, 3.63) is 0 Å². The maximum absolute atomic E-state index is 3.62. The molecule has 80 valence electrons. The molecule has 0 aromatic rings. The highest BCUT2D eigenvalue weighted by atomic mass is 15.2. The molecule has 0 amide bonds. The fourth-order valence-electron chi connectivity index (χ4n) is 3.14. The first-order valence-corrected chi connectivity index (χ1v) is 5.87. The van der Waals surface area contributed by atoms with E-state index in [9.17, 15) is 0 Å². The summed E-state index contributed by atoms with van der Waals surface area (Å²) in [7, 11) is 0. The molecule has 4 nitrogen and oxygen atoms in total. The third kappa shape index (κ3) is 1.56. The second-order valence-electron chi connectivity index (χ2n) is 4.71. The van der Waals surface area contributed by atoms with E-state index in [-0.39, 0.29) is 0 Å². The van der Waals surface area contributed by atoms with Crippen LogP contribution in [-0.2, 0) is 0 Å². The van der Waals surface area contributed by atoms with Crippen molar-refractivity contribution < 1.29 is 0 Å². The molecule has 14 heavy (non-hydrogen) atoms. The molecule has 3 fully saturated rings. The van der Waals surface area contributed by atoms with E-state index in [1.54, 1.807) is 0 Å². The van der Waals surface area contributed by atoms with Gasteiger partial charge in [-0.05, 0) is 12.8 Å². The monoisotopic (exact) mass is 196 g/mol. The highest BCUT2D eigenvalue weighted by molar-refractivity contribution is 5.02. The van der Waals surface area contributed by atoms with Crippen LogP contribution in [0, 0.1) is 0 Å². The summed E-state index contributed by atoms with van der Waals surface area (Å²) in [6, 6.07) is 2.77. The molecule has 4 atom stereocenters. The molecule has 2 aliphatic heterocycles. The Morgan fingerprint density at radius 1 is 0.500 bits per heavy atom. The molecule has 0 aromatic heterocycles. The maximum Gasteiger partial charge on any atom is 0.0237 e. The lowest BCUT2D eigenvalue weighted by Crippen LogP contribution is -2.68. The van der Waals surface area contributed by atoms with E-state index in [2.05, 4.69) is 21.3 Å². The molecule has 4 N–H and O–H groups in total. The van der Waals surface area contributed by atoms with Crippen molar-refractivity contribution in [2.45, 2.75) is 37.0 Å². The van der Waals surface area contributed by atoms with E-state index in [1.165, 1.54) is 12.8 Å². The van der Waals surface area contributed by atoms with Crippen LogP contribution in [0.15, 0.2) is 0 Å². The molecule has 3 aliphatic rings. The topological polar surface area (TPSA) is 48.1 Å². The average Bonchev–Trinajstić information content (AvgIpc) is 2.26. The number of hydrogen-bond donors (Lipinski definition) is 4. The molecule has 1 aliphatic carbocycles. The minimum atomic E-state index is 0.692. The van der Waals surface area contributed by atoms with Crippen molar-refractivity contribution in [2.75, 3.05) is 26.2 Å². The molecule has 0 radical (unpaired) electrons. The van der Waals surface area contributed by atoms with Gasteiger partial charge in [-0.1, -0.05) is 0 Å². The summed E-state index contributed by atoms with van der Waals surface area (Å²) < 4.78 is 0. The summed E-state index contributed by atoms with van der Waals surface area (Å²) in [6.45, 7) is 4.52. The fraction of sp³-hybridized carbons (Fsp3) is 1.00. The average molecular weight is 196 g/mol. The van der Waals surface area contributed by atoms with E-state index >= 15 is 0 Å². The van der Waals surface area contributed by atoms with Crippen molar-refractivity contribution in [1.29, 1.82) is 0 Å². The van der Waals surface area contributed by atoms with E-state index in [0.717, 1.165) is 26.2 Å². The number of fused-ring (bicyclic) bond motifs is 2. The zero-order valence-corrected chi connectivity index (χ0v) is 8.55. The van der Waals surface area contributed by atoms with Gasteiger partial charge in [-0.2, -0.15) is 0 Å². The van der Waals surface area contributed by atoms with Crippen LogP contribution in [0.2, 0.25) is 0 Å². The van der Waals surface area contributed by atoms with Gasteiger partial charge in [0.1, 0.15) is 0 Å². The van der Waals surface area contributed by atoms with Crippen LogP contribution < -0.4 is 21.3 Å². The van der Waals surface area contributed by atoms with Crippen LogP contribution in [0.5, 0.6) is 0 Å². The van der Waals surface area contributed by atoms with Gasteiger partial charge in [0.25, 0.3) is 0 Å². The Hall–Kier alpha value is -0.160. The van der Waals surface area contributed by atoms with Crippen LogP contribution in [0.4, 0.5) is 0 Å². The first-order chi connectivity index (χ1) is 6.93. The number of rotatable bonds is 0. The van der Waals surface area contributed by atoms with Crippen LogP contribution in [0.1, 0.15) is 12.8 Å². The molecule has 4 heteroatoms. The van der Waals surface area contributed by atoms with E-state index in [0.29, 0.717) is 24.2 Å². The SMILES string of the molecule is C1CNC2CC3NCCNC3CC2N1. The van der Waals surface area contributed by atoms with Crippen molar-refractivity contribution in [3.8, 4) is 0 Å². The highest BCUT2D eigenvalue weighted by Gasteiger charge is 2.38. The largest absolute Gasteiger partial charge is 0.311 e. The summed E-state index contributed by atoms with van der Waals surface area (Å²) in [5.74, 6) is 0. The summed E-state index contributed by atoms with van der Waals surface area (Å²) in [5.41, 5.74) is 0. The van der Waals surface area contributed by atoms with Gasteiger partial charge in [-0.25, -0.2) is 0 Å². The van der Waals surface area contributed by atoms with Gasteiger partial charge in [0.05, 0.1) is 0 Å². The van der Waals surface area contributed by atoms with Crippen molar-refractivity contribution in [2.24, 2.45) is 0 Å². The lowest BCUT2D eigenvalue weighted by Gasteiger charge is -2.47. The number of piperazine rings is 2. The zero-order valence-electron chi connectivity index (χ0n) is 8.55. The van der Waals surface area contributed by atoms with Gasteiger partial charge in [0.2, 0.25) is 0 Å². The molecule has 2 saturated heterocycles. The normalized spacial score (nSPS) is 48.0. The minimum absolute atomic E-state index is 0.692. The second-order valence-corrected chi connectivity index (χ2v) is 4.71. The van der Waals surface area contributed by atoms with Crippen LogP contribution in [0.3, 0.4) is 0 Å². The Kier molecular flexibility index (Phi) is 2.45. The van der Waals surface area contributed by atoms with Gasteiger partial charge in [0, 0.05) is 50.3 Å². The standard InChI is InChI=1S/C10H20N4/c1-2-12-8-6-10-9(5-7(8)11-1)13-3-4-14-10/h7-14H,1-6H2. The van der Waals surface area contributed by atoms with Crippen LogP contribution in [0.25, 0.3) is 0 Å². The number of nitrogens with one attached hydrogen (secondary N) is 4. The Morgan fingerprint density at radius 3 is 1.07 bits per heavy atom.